The lowest BCUT2D eigenvalue weighted by atomic mass is 9.96. The molecular formula is C15H27N5. The van der Waals surface area contributed by atoms with Crippen molar-refractivity contribution in [1.29, 1.82) is 0 Å². The first-order valence-electron chi connectivity index (χ1n) is 7.44. The zero-order valence-corrected chi connectivity index (χ0v) is 13.4. The van der Waals surface area contributed by atoms with Crippen molar-refractivity contribution in [2.45, 2.75) is 26.7 Å². The van der Waals surface area contributed by atoms with Gasteiger partial charge in [-0.1, -0.05) is 0 Å². The van der Waals surface area contributed by atoms with Gasteiger partial charge in [0.05, 0.1) is 0 Å². The van der Waals surface area contributed by atoms with E-state index < -0.39 is 0 Å². The molecular weight excluding hydrogens is 250 g/mol. The maximum absolute atomic E-state index is 4.66. The summed E-state index contributed by atoms with van der Waals surface area (Å²) in [6.45, 7) is 7.45. The highest BCUT2D eigenvalue weighted by molar-refractivity contribution is 5.58. The number of nitrogens with zero attached hydrogens (tertiary/aromatic N) is 4. The average Bonchev–Trinajstić information content (AvgIpc) is 2.41. The van der Waals surface area contributed by atoms with Crippen LogP contribution in [0.4, 0.5) is 11.6 Å². The van der Waals surface area contributed by atoms with Crippen molar-refractivity contribution >= 4 is 11.6 Å². The molecule has 0 saturated carbocycles. The van der Waals surface area contributed by atoms with Gasteiger partial charge in [0, 0.05) is 32.2 Å². The van der Waals surface area contributed by atoms with Gasteiger partial charge in [-0.3, -0.25) is 0 Å². The number of aryl methyl sites for hydroxylation is 1. The summed E-state index contributed by atoms with van der Waals surface area (Å²) in [6.07, 6.45) is 2.49. The van der Waals surface area contributed by atoms with E-state index in [9.17, 15) is 0 Å². The predicted molar refractivity (Wildman–Crippen MR) is 84.5 cm³/mol. The lowest BCUT2D eigenvalue weighted by Crippen LogP contribution is -2.38. The molecule has 1 aliphatic heterocycles. The predicted octanol–water partition coefficient (Wildman–Crippen LogP) is 1.91. The zero-order chi connectivity index (χ0) is 14.7. The van der Waals surface area contributed by atoms with Crippen LogP contribution < -0.4 is 10.2 Å². The number of hydrogen-bond acceptors (Lipinski definition) is 5. The lowest BCUT2D eigenvalue weighted by Gasteiger charge is -2.35. The molecule has 0 aromatic carbocycles. The molecule has 2 heterocycles. The molecule has 112 valence electrons. The molecule has 0 unspecified atom stereocenters. The fourth-order valence-electron chi connectivity index (χ4n) is 3.01. The van der Waals surface area contributed by atoms with E-state index in [1.165, 1.54) is 19.4 Å². The Balaban J connectivity index is 2.09. The molecule has 1 N–H and O–H groups in total. The molecule has 5 heteroatoms. The molecule has 0 radical (unpaired) electrons. The van der Waals surface area contributed by atoms with Crippen LogP contribution >= 0.6 is 0 Å². The standard InChI is InChI=1S/C15H27N5/c1-11-14(16-3)17-12(2)18-15(11)20-8-6-13(7-9-20)10-19(4)5/h13H,6-10H2,1-5H3,(H,16,17,18). The minimum atomic E-state index is 0.813. The molecule has 1 aromatic heterocycles. The minimum absolute atomic E-state index is 0.813. The fourth-order valence-corrected chi connectivity index (χ4v) is 3.01. The van der Waals surface area contributed by atoms with Gasteiger partial charge in [0.25, 0.3) is 0 Å². The Labute approximate surface area is 122 Å². The normalized spacial score (nSPS) is 16.8. The van der Waals surface area contributed by atoms with Crippen molar-refractivity contribution in [1.82, 2.24) is 14.9 Å². The molecule has 1 aliphatic rings. The summed E-state index contributed by atoms with van der Waals surface area (Å²) >= 11 is 0. The van der Waals surface area contributed by atoms with Gasteiger partial charge in [-0.2, -0.15) is 0 Å². The van der Waals surface area contributed by atoms with E-state index >= 15 is 0 Å². The molecule has 5 nitrogen and oxygen atoms in total. The van der Waals surface area contributed by atoms with E-state index in [0.717, 1.165) is 42.0 Å². The van der Waals surface area contributed by atoms with Crippen molar-refractivity contribution in [3.05, 3.63) is 11.4 Å². The summed E-state index contributed by atoms with van der Waals surface area (Å²) in [5, 5.41) is 3.17. The Bertz CT molecular complexity index is 450. The molecule has 0 atom stereocenters. The summed E-state index contributed by atoms with van der Waals surface area (Å²) in [5.41, 5.74) is 1.16. The smallest absolute Gasteiger partial charge is 0.137 e. The number of anilines is 2. The van der Waals surface area contributed by atoms with Gasteiger partial charge in [-0.05, 0) is 46.7 Å². The van der Waals surface area contributed by atoms with Crippen molar-refractivity contribution in [2.75, 3.05) is 51.0 Å². The van der Waals surface area contributed by atoms with Crippen LogP contribution in [0.25, 0.3) is 0 Å². The largest absolute Gasteiger partial charge is 0.373 e. The van der Waals surface area contributed by atoms with Crippen LogP contribution in [0.1, 0.15) is 24.2 Å². The maximum atomic E-state index is 4.66. The fraction of sp³-hybridized carbons (Fsp3) is 0.733. The Hall–Kier alpha value is -1.36. The number of rotatable bonds is 4. The molecule has 0 bridgehead atoms. The van der Waals surface area contributed by atoms with Crippen LogP contribution in [0.2, 0.25) is 0 Å². The van der Waals surface area contributed by atoms with Gasteiger partial charge in [0.2, 0.25) is 0 Å². The van der Waals surface area contributed by atoms with E-state index in [1.54, 1.807) is 0 Å². The van der Waals surface area contributed by atoms with E-state index in [2.05, 4.69) is 46.1 Å². The van der Waals surface area contributed by atoms with Crippen molar-refractivity contribution in [2.24, 2.45) is 5.92 Å². The molecule has 2 rings (SSSR count). The lowest BCUT2D eigenvalue weighted by molar-refractivity contribution is 0.284. The van der Waals surface area contributed by atoms with Crippen molar-refractivity contribution < 1.29 is 0 Å². The highest BCUT2D eigenvalue weighted by atomic mass is 15.2. The summed E-state index contributed by atoms with van der Waals surface area (Å²) in [4.78, 5) is 13.8. The monoisotopic (exact) mass is 277 g/mol. The molecule has 0 amide bonds. The minimum Gasteiger partial charge on any atom is -0.373 e. The topological polar surface area (TPSA) is 44.3 Å². The van der Waals surface area contributed by atoms with Gasteiger partial charge in [0.15, 0.2) is 0 Å². The van der Waals surface area contributed by atoms with Gasteiger partial charge in [-0.15, -0.1) is 0 Å². The number of aromatic nitrogens is 2. The van der Waals surface area contributed by atoms with Gasteiger partial charge >= 0.3 is 0 Å². The first kappa shape index (κ1) is 15.0. The number of hydrogen-bond donors (Lipinski definition) is 1. The third-order valence-electron chi connectivity index (χ3n) is 4.01. The van der Waals surface area contributed by atoms with E-state index in [0.29, 0.717) is 0 Å². The second-order valence-corrected chi connectivity index (χ2v) is 6.01. The van der Waals surface area contributed by atoms with Crippen LogP contribution in [0.15, 0.2) is 0 Å². The van der Waals surface area contributed by atoms with Crippen LogP contribution in [0.5, 0.6) is 0 Å². The average molecular weight is 277 g/mol. The van der Waals surface area contributed by atoms with Crippen LogP contribution in [-0.4, -0.2) is 55.6 Å². The second kappa shape index (κ2) is 6.39. The van der Waals surface area contributed by atoms with E-state index in [1.807, 2.05) is 14.0 Å². The second-order valence-electron chi connectivity index (χ2n) is 6.01. The summed E-state index contributed by atoms with van der Waals surface area (Å²) in [5.74, 6) is 3.70. The molecule has 1 aromatic rings. The van der Waals surface area contributed by atoms with E-state index in [-0.39, 0.29) is 0 Å². The quantitative estimate of drug-likeness (QED) is 0.911. The van der Waals surface area contributed by atoms with Crippen molar-refractivity contribution in [3.8, 4) is 0 Å². The van der Waals surface area contributed by atoms with Crippen molar-refractivity contribution in [3.63, 3.8) is 0 Å². The molecule has 0 aliphatic carbocycles. The third kappa shape index (κ3) is 3.39. The summed E-state index contributed by atoms with van der Waals surface area (Å²) < 4.78 is 0. The Morgan fingerprint density at radius 3 is 2.40 bits per heavy atom. The molecule has 0 spiro atoms. The zero-order valence-electron chi connectivity index (χ0n) is 13.4. The van der Waals surface area contributed by atoms with Crippen LogP contribution in [0, 0.1) is 19.8 Å². The molecule has 1 saturated heterocycles. The van der Waals surface area contributed by atoms with Gasteiger partial charge in [0.1, 0.15) is 17.5 Å². The van der Waals surface area contributed by atoms with Crippen LogP contribution in [0.3, 0.4) is 0 Å². The Kier molecular flexibility index (Phi) is 4.81. The number of nitrogens with one attached hydrogen (secondary N) is 1. The van der Waals surface area contributed by atoms with Gasteiger partial charge in [-0.25, -0.2) is 9.97 Å². The van der Waals surface area contributed by atoms with Gasteiger partial charge < -0.3 is 15.1 Å². The SMILES string of the molecule is CNc1nc(C)nc(N2CCC(CN(C)C)CC2)c1C. The Morgan fingerprint density at radius 2 is 1.85 bits per heavy atom. The summed E-state index contributed by atoms with van der Waals surface area (Å²) in [7, 11) is 6.23. The van der Waals surface area contributed by atoms with E-state index in [4.69, 9.17) is 0 Å². The molecule has 20 heavy (non-hydrogen) atoms. The highest BCUT2D eigenvalue weighted by Crippen LogP contribution is 2.27. The third-order valence-corrected chi connectivity index (χ3v) is 4.01. The van der Waals surface area contributed by atoms with Crippen LogP contribution in [-0.2, 0) is 0 Å². The molecule has 1 fully saturated rings. The Morgan fingerprint density at radius 1 is 1.20 bits per heavy atom. The maximum Gasteiger partial charge on any atom is 0.137 e. The first-order valence-corrected chi connectivity index (χ1v) is 7.44. The summed E-state index contributed by atoms with van der Waals surface area (Å²) in [6, 6.07) is 0. The highest BCUT2D eigenvalue weighted by Gasteiger charge is 2.22. The first-order chi connectivity index (χ1) is 9.51. The number of piperidine rings is 1.